The van der Waals surface area contributed by atoms with Gasteiger partial charge in [0, 0.05) is 60.7 Å². The third kappa shape index (κ3) is 5.78. The van der Waals surface area contributed by atoms with Crippen molar-refractivity contribution in [2.75, 3.05) is 30.3 Å². The Morgan fingerprint density at radius 2 is 2.19 bits per heavy atom. The van der Waals surface area contributed by atoms with Gasteiger partial charge < -0.3 is 21.1 Å². The lowest BCUT2D eigenvalue weighted by atomic mass is 9.97. The summed E-state index contributed by atoms with van der Waals surface area (Å²) < 4.78 is 31.3. The summed E-state index contributed by atoms with van der Waals surface area (Å²) in [5.41, 5.74) is 9.95. The number of nitrogens with two attached hydrogens (primary N) is 1. The van der Waals surface area contributed by atoms with Crippen molar-refractivity contribution < 1.29 is 18.3 Å². The second-order valence-electron chi connectivity index (χ2n) is 9.33. The number of aryl methyl sites for hydroxylation is 1. The van der Waals surface area contributed by atoms with Crippen LogP contribution in [0.4, 0.5) is 26.0 Å². The Morgan fingerprint density at radius 1 is 1.32 bits per heavy atom. The second-order valence-corrected chi connectivity index (χ2v) is 9.33. The van der Waals surface area contributed by atoms with Crippen LogP contribution in [0, 0.1) is 6.92 Å². The van der Waals surface area contributed by atoms with E-state index in [0.717, 1.165) is 42.1 Å². The number of allylic oxidation sites excluding steroid dienone is 3. The number of amides is 1. The molecule has 1 saturated heterocycles. The Morgan fingerprint density at radius 3 is 2.89 bits per heavy atom. The average Bonchev–Trinajstić information content (AvgIpc) is 3.47. The van der Waals surface area contributed by atoms with E-state index < -0.39 is 6.61 Å². The van der Waals surface area contributed by atoms with Gasteiger partial charge in [0.1, 0.15) is 5.76 Å². The predicted octanol–water partition coefficient (Wildman–Crippen LogP) is 3.92. The molecule has 9 nitrogen and oxygen atoms in total. The highest BCUT2D eigenvalue weighted by molar-refractivity contribution is 5.93. The molecule has 37 heavy (non-hydrogen) atoms. The normalized spacial score (nSPS) is 19.9. The smallest absolute Gasteiger partial charge is 0.387 e. The van der Waals surface area contributed by atoms with Gasteiger partial charge in [-0.25, -0.2) is 9.97 Å². The number of alkyl halides is 2. The molecule has 2 aliphatic rings. The summed E-state index contributed by atoms with van der Waals surface area (Å²) in [6.45, 7) is 1.00. The first-order valence-corrected chi connectivity index (χ1v) is 12.2. The van der Waals surface area contributed by atoms with Crippen molar-refractivity contribution in [2.45, 2.75) is 38.3 Å². The number of carbonyl (C=O) groups excluding carboxylic acids is 1. The highest BCUT2D eigenvalue weighted by Crippen LogP contribution is 2.30. The van der Waals surface area contributed by atoms with E-state index >= 15 is 0 Å². The number of rotatable bonds is 8. The molecule has 1 fully saturated rings. The molecule has 0 radical (unpaired) electrons. The van der Waals surface area contributed by atoms with Crippen molar-refractivity contribution in [3.63, 3.8) is 0 Å². The zero-order chi connectivity index (χ0) is 25.9. The summed E-state index contributed by atoms with van der Waals surface area (Å²) in [7, 11) is 0. The van der Waals surface area contributed by atoms with E-state index in [1.54, 1.807) is 24.5 Å². The summed E-state index contributed by atoms with van der Waals surface area (Å²) >= 11 is 0. The molecule has 1 aliphatic carbocycles. The fourth-order valence-corrected chi connectivity index (χ4v) is 4.73. The Kier molecular flexibility index (Phi) is 7.15. The average molecular weight is 510 g/mol. The standard InChI is InChI=1S/C26H29F2N7O2/c1-16-12-19(4-7-21(16)33-23(36)15-34-10-8-18(29)14-34)32-24-25-31-13-22(35(25)11-9-30-24)17-2-5-20(6-3-17)37-26(27)28/h2,4-7,9,11-13,17-18,26H,3,8,10,14-15,29H2,1H3,(H,30,32)(H,33,36). The molecule has 0 saturated carbocycles. The summed E-state index contributed by atoms with van der Waals surface area (Å²) in [6, 6.07) is 5.82. The van der Waals surface area contributed by atoms with E-state index in [1.807, 2.05) is 41.8 Å². The Labute approximate surface area is 213 Å². The number of ether oxygens (including phenoxy) is 1. The summed E-state index contributed by atoms with van der Waals surface area (Å²) in [4.78, 5) is 23.5. The van der Waals surface area contributed by atoms with Crippen LogP contribution in [0.5, 0.6) is 0 Å². The molecule has 0 bridgehead atoms. The molecule has 11 heteroatoms. The maximum absolute atomic E-state index is 12.5. The fraction of sp³-hybridized carbons (Fsp3) is 0.346. The van der Waals surface area contributed by atoms with Crippen LogP contribution < -0.4 is 16.4 Å². The molecule has 1 aliphatic heterocycles. The topological polar surface area (TPSA) is 110 Å². The van der Waals surface area contributed by atoms with E-state index in [2.05, 4.69) is 30.2 Å². The van der Waals surface area contributed by atoms with Gasteiger partial charge in [-0.05, 0) is 55.7 Å². The molecule has 2 unspecified atom stereocenters. The maximum Gasteiger partial charge on any atom is 0.387 e. The molecule has 4 N–H and O–H groups in total. The van der Waals surface area contributed by atoms with Gasteiger partial charge in [-0.3, -0.25) is 14.1 Å². The number of nitrogens with one attached hydrogen (secondary N) is 2. The summed E-state index contributed by atoms with van der Waals surface area (Å²) in [5.74, 6) is 0.650. The number of hydrogen-bond donors (Lipinski definition) is 3. The third-order valence-electron chi connectivity index (χ3n) is 6.57. The van der Waals surface area contributed by atoms with Crippen LogP contribution in [0.1, 0.15) is 30.0 Å². The third-order valence-corrected chi connectivity index (χ3v) is 6.57. The van der Waals surface area contributed by atoms with Crippen molar-refractivity contribution in [3.05, 3.63) is 72.0 Å². The quantitative estimate of drug-likeness (QED) is 0.422. The van der Waals surface area contributed by atoms with Crippen LogP contribution in [0.2, 0.25) is 0 Å². The van der Waals surface area contributed by atoms with Gasteiger partial charge in [0.2, 0.25) is 5.91 Å². The largest absolute Gasteiger partial charge is 0.435 e. The van der Waals surface area contributed by atoms with Gasteiger partial charge in [0.15, 0.2) is 11.5 Å². The fourth-order valence-electron chi connectivity index (χ4n) is 4.73. The number of likely N-dealkylation sites (tertiary alicyclic amines) is 1. The molecule has 2 atom stereocenters. The lowest BCUT2D eigenvalue weighted by Gasteiger charge is -2.17. The minimum absolute atomic E-state index is 0.0308. The minimum Gasteiger partial charge on any atom is -0.435 e. The Balaban J connectivity index is 1.26. The number of benzene rings is 1. The molecule has 0 spiro atoms. The number of anilines is 3. The molecular formula is C26H29F2N7O2. The first-order chi connectivity index (χ1) is 17.9. The lowest BCUT2D eigenvalue weighted by molar-refractivity contribution is -0.117. The van der Waals surface area contributed by atoms with Gasteiger partial charge in [0.05, 0.1) is 6.54 Å². The predicted molar refractivity (Wildman–Crippen MR) is 137 cm³/mol. The van der Waals surface area contributed by atoms with Crippen LogP contribution in [-0.4, -0.2) is 57.5 Å². The van der Waals surface area contributed by atoms with E-state index in [-0.39, 0.29) is 23.6 Å². The SMILES string of the molecule is Cc1cc(Nc2nccn3c(C4C=CC(OC(F)F)=CC4)cnc23)ccc1NC(=O)CN1CCC(N)C1. The maximum atomic E-state index is 12.5. The molecule has 5 rings (SSSR count). The van der Waals surface area contributed by atoms with Crippen LogP contribution >= 0.6 is 0 Å². The number of halogens is 2. The van der Waals surface area contributed by atoms with E-state index in [0.29, 0.717) is 24.4 Å². The van der Waals surface area contributed by atoms with Gasteiger partial charge in [-0.1, -0.05) is 6.08 Å². The van der Waals surface area contributed by atoms with Gasteiger partial charge in [0.25, 0.3) is 0 Å². The van der Waals surface area contributed by atoms with Crippen LogP contribution in [0.15, 0.2) is 60.8 Å². The van der Waals surface area contributed by atoms with Gasteiger partial charge >= 0.3 is 6.61 Å². The first-order valence-electron chi connectivity index (χ1n) is 12.2. The van der Waals surface area contributed by atoms with Gasteiger partial charge in [-0.15, -0.1) is 0 Å². The molecule has 194 valence electrons. The summed E-state index contributed by atoms with van der Waals surface area (Å²) in [6.07, 6.45) is 11.8. The molecular weight excluding hydrogens is 480 g/mol. The van der Waals surface area contributed by atoms with Crippen LogP contribution in [0.3, 0.4) is 0 Å². The highest BCUT2D eigenvalue weighted by Gasteiger charge is 2.22. The molecule has 2 aromatic heterocycles. The first kappa shape index (κ1) is 24.8. The van der Waals surface area contributed by atoms with Gasteiger partial charge in [-0.2, -0.15) is 8.78 Å². The number of aromatic nitrogens is 3. The lowest BCUT2D eigenvalue weighted by Crippen LogP contribution is -2.33. The molecule has 1 aromatic carbocycles. The second kappa shape index (κ2) is 10.7. The zero-order valence-corrected chi connectivity index (χ0v) is 20.4. The van der Waals surface area contributed by atoms with Crippen molar-refractivity contribution >= 4 is 28.7 Å². The monoisotopic (exact) mass is 509 g/mol. The van der Waals surface area contributed by atoms with E-state index in [9.17, 15) is 13.6 Å². The highest BCUT2D eigenvalue weighted by atomic mass is 19.3. The number of carbonyl (C=O) groups is 1. The summed E-state index contributed by atoms with van der Waals surface area (Å²) in [5, 5.41) is 6.30. The molecule has 3 aromatic rings. The number of fused-ring (bicyclic) bond motifs is 1. The Bertz CT molecular complexity index is 1350. The van der Waals surface area contributed by atoms with E-state index in [1.165, 1.54) is 0 Å². The minimum atomic E-state index is -2.84. The van der Waals surface area contributed by atoms with Crippen LogP contribution in [-0.2, 0) is 9.53 Å². The number of hydrogen-bond acceptors (Lipinski definition) is 7. The zero-order valence-electron chi connectivity index (χ0n) is 20.4. The number of nitrogens with zero attached hydrogens (tertiary/aromatic N) is 4. The molecule has 3 heterocycles. The van der Waals surface area contributed by atoms with Crippen LogP contribution in [0.25, 0.3) is 5.65 Å². The van der Waals surface area contributed by atoms with E-state index in [4.69, 9.17) is 5.73 Å². The Hall–Kier alpha value is -3.83. The molecule has 1 amide bonds. The van der Waals surface area contributed by atoms with Crippen molar-refractivity contribution in [1.82, 2.24) is 19.3 Å². The van der Waals surface area contributed by atoms with Crippen molar-refractivity contribution in [2.24, 2.45) is 5.73 Å². The number of imidazole rings is 1. The van der Waals surface area contributed by atoms with Crippen molar-refractivity contribution in [3.8, 4) is 0 Å². The van der Waals surface area contributed by atoms with Crippen molar-refractivity contribution in [1.29, 1.82) is 0 Å².